The van der Waals surface area contributed by atoms with E-state index in [1.54, 1.807) is 0 Å². The molecule has 2 nitrogen and oxygen atoms in total. The van der Waals surface area contributed by atoms with Gasteiger partial charge in [-0.2, -0.15) is 0 Å². The third-order valence-corrected chi connectivity index (χ3v) is 10.5. The summed E-state index contributed by atoms with van der Waals surface area (Å²) in [5.74, 6) is 0.960. The Morgan fingerprint density at radius 1 is 0.514 bits per heavy atom. The van der Waals surface area contributed by atoms with E-state index < -0.39 is 0 Å². The Bertz CT molecular complexity index is 1300. The van der Waals surface area contributed by atoms with E-state index in [1.165, 1.54) is 67.7 Å². The standard InChI is InChI=1S/C34H36O2Si/c35-19-7-11-23-9-5-17-29-25-13-1-3-15-27(25)31(33(23)29)21-37-22-32-28-16-4-2-14-26(28)30-18-6-10-24(34(30)32)12-8-20-36/h1-6,9-10,13-18,31-32,35-36H,7-8,11-12,19-22,37H2. The first-order valence-corrected chi connectivity index (χ1v) is 16.0. The molecule has 4 aromatic rings. The fraction of sp³-hybridized carbons (Fsp3) is 0.294. The molecule has 2 aliphatic rings. The van der Waals surface area contributed by atoms with Gasteiger partial charge in [0.2, 0.25) is 0 Å². The van der Waals surface area contributed by atoms with E-state index >= 15 is 0 Å². The molecular formula is C34H36O2Si. The number of benzene rings is 4. The molecule has 0 saturated carbocycles. The third-order valence-electron chi connectivity index (χ3n) is 8.54. The van der Waals surface area contributed by atoms with Gasteiger partial charge in [-0.15, -0.1) is 0 Å². The van der Waals surface area contributed by atoms with Crippen molar-refractivity contribution in [3.05, 3.63) is 118 Å². The van der Waals surface area contributed by atoms with Gasteiger partial charge in [-0.25, -0.2) is 0 Å². The molecule has 2 unspecified atom stereocenters. The van der Waals surface area contributed by atoms with Crippen LogP contribution in [-0.2, 0) is 12.8 Å². The van der Waals surface area contributed by atoms with Gasteiger partial charge in [-0.1, -0.05) is 97.0 Å². The van der Waals surface area contributed by atoms with Crippen molar-refractivity contribution >= 4 is 9.52 Å². The zero-order valence-corrected chi connectivity index (χ0v) is 22.9. The second-order valence-electron chi connectivity index (χ2n) is 10.6. The number of hydrogen-bond acceptors (Lipinski definition) is 2. The van der Waals surface area contributed by atoms with Crippen LogP contribution in [0.25, 0.3) is 22.3 Å². The molecule has 2 N–H and O–H groups in total. The Hall–Kier alpha value is -2.98. The molecular weight excluding hydrogens is 468 g/mol. The third kappa shape index (κ3) is 4.39. The average molecular weight is 505 g/mol. The molecule has 188 valence electrons. The van der Waals surface area contributed by atoms with Gasteiger partial charge >= 0.3 is 0 Å². The molecule has 0 spiro atoms. The highest BCUT2D eigenvalue weighted by atomic mass is 28.2. The summed E-state index contributed by atoms with van der Waals surface area (Å²) in [6.45, 7) is 0.490. The Kier molecular flexibility index (Phi) is 7.10. The molecule has 0 heterocycles. The zero-order valence-electron chi connectivity index (χ0n) is 21.5. The lowest BCUT2D eigenvalue weighted by atomic mass is 9.92. The van der Waals surface area contributed by atoms with Crippen molar-refractivity contribution in [1.82, 2.24) is 0 Å². The molecule has 4 aromatic carbocycles. The molecule has 0 radical (unpaired) electrons. The molecule has 3 heteroatoms. The fourth-order valence-corrected chi connectivity index (χ4v) is 9.27. The molecule has 6 rings (SSSR count). The first kappa shape index (κ1) is 24.4. The van der Waals surface area contributed by atoms with E-state index in [0.29, 0.717) is 11.8 Å². The summed E-state index contributed by atoms with van der Waals surface area (Å²) in [5, 5.41) is 19.0. The van der Waals surface area contributed by atoms with Gasteiger partial charge in [-0.3, -0.25) is 0 Å². The van der Waals surface area contributed by atoms with E-state index in [-0.39, 0.29) is 22.7 Å². The second kappa shape index (κ2) is 10.8. The van der Waals surface area contributed by atoms with Crippen LogP contribution in [0.1, 0.15) is 58.1 Å². The van der Waals surface area contributed by atoms with Crippen LogP contribution in [0.3, 0.4) is 0 Å². The summed E-state index contributed by atoms with van der Waals surface area (Å²) < 4.78 is 0. The van der Waals surface area contributed by atoms with Crippen molar-refractivity contribution in [3.63, 3.8) is 0 Å². The van der Waals surface area contributed by atoms with Gasteiger partial charge in [0.05, 0.1) is 0 Å². The number of hydrogen-bond donors (Lipinski definition) is 2. The monoisotopic (exact) mass is 504 g/mol. The number of rotatable bonds is 10. The normalized spacial score (nSPS) is 17.1. The summed E-state index contributed by atoms with van der Waals surface area (Å²) in [4.78, 5) is 0. The van der Waals surface area contributed by atoms with Gasteiger partial charge in [0, 0.05) is 34.6 Å². The van der Waals surface area contributed by atoms with Crippen LogP contribution >= 0.6 is 0 Å². The molecule has 0 saturated heterocycles. The lowest BCUT2D eigenvalue weighted by Crippen LogP contribution is -2.09. The maximum atomic E-state index is 9.51. The van der Waals surface area contributed by atoms with Gasteiger partial charge in [0.1, 0.15) is 0 Å². The second-order valence-corrected chi connectivity index (χ2v) is 12.5. The topological polar surface area (TPSA) is 40.5 Å². The van der Waals surface area contributed by atoms with Crippen LogP contribution in [0.15, 0.2) is 84.9 Å². The first-order chi connectivity index (χ1) is 18.3. The Balaban J connectivity index is 1.30. The van der Waals surface area contributed by atoms with Crippen LogP contribution in [-0.4, -0.2) is 32.9 Å². The largest absolute Gasteiger partial charge is 0.396 e. The Morgan fingerprint density at radius 2 is 0.946 bits per heavy atom. The highest BCUT2D eigenvalue weighted by Gasteiger charge is 2.33. The van der Waals surface area contributed by atoms with E-state index in [1.807, 2.05) is 0 Å². The van der Waals surface area contributed by atoms with Crippen molar-refractivity contribution in [2.75, 3.05) is 13.2 Å². The SMILES string of the molecule is OCCCc1cccc2c1C(C[SiH2]CC1c3ccccc3-c3cccc(CCCO)c31)c1ccccc1-2. The molecule has 2 atom stereocenters. The number of aryl methyl sites for hydroxylation is 2. The smallest absolute Gasteiger partial charge is 0.0434 e. The van der Waals surface area contributed by atoms with E-state index in [9.17, 15) is 10.2 Å². The van der Waals surface area contributed by atoms with Crippen LogP contribution < -0.4 is 0 Å². The van der Waals surface area contributed by atoms with E-state index in [2.05, 4.69) is 84.9 Å². The van der Waals surface area contributed by atoms with Crippen molar-refractivity contribution in [1.29, 1.82) is 0 Å². The summed E-state index contributed by atoms with van der Waals surface area (Å²) in [6.07, 6.45) is 3.54. The molecule has 0 fully saturated rings. The Morgan fingerprint density at radius 3 is 1.41 bits per heavy atom. The van der Waals surface area contributed by atoms with Crippen molar-refractivity contribution in [2.45, 2.75) is 49.6 Å². The van der Waals surface area contributed by atoms with Crippen LogP contribution in [0.2, 0.25) is 12.1 Å². The minimum absolute atomic E-state index is 0.245. The first-order valence-electron chi connectivity index (χ1n) is 14.0. The van der Waals surface area contributed by atoms with E-state index in [4.69, 9.17) is 0 Å². The van der Waals surface area contributed by atoms with Crippen LogP contribution in [0.4, 0.5) is 0 Å². The van der Waals surface area contributed by atoms with Crippen molar-refractivity contribution < 1.29 is 10.2 Å². The van der Waals surface area contributed by atoms with Crippen molar-refractivity contribution in [2.24, 2.45) is 0 Å². The zero-order chi connectivity index (χ0) is 25.2. The predicted octanol–water partition coefficient (Wildman–Crippen LogP) is 6.47. The van der Waals surface area contributed by atoms with E-state index in [0.717, 1.165) is 25.7 Å². The minimum Gasteiger partial charge on any atom is -0.396 e. The number of aliphatic hydroxyl groups excluding tert-OH is 2. The number of fused-ring (bicyclic) bond motifs is 6. The summed E-state index contributed by atoms with van der Waals surface area (Å²) in [7, 11) is -0.375. The molecule has 0 amide bonds. The van der Waals surface area contributed by atoms with Gasteiger partial charge in [0.25, 0.3) is 0 Å². The number of aliphatic hydroxyl groups is 2. The van der Waals surface area contributed by atoms with Gasteiger partial charge < -0.3 is 10.2 Å². The van der Waals surface area contributed by atoms with Crippen LogP contribution in [0, 0.1) is 0 Å². The maximum absolute atomic E-state index is 9.51. The molecule has 0 bridgehead atoms. The van der Waals surface area contributed by atoms with Crippen LogP contribution in [0.5, 0.6) is 0 Å². The lowest BCUT2D eigenvalue weighted by Gasteiger charge is -2.20. The lowest BCUT2D eigenvalue weighted by molar-refractivity contribution is 0.288. The molecule has 0 aliphatic heterocycles. The van der Waals surface area contributed by atoms with Crippen molar-refractivity contribution in [3.8, 4) is 22.3 Å². The summed E-state index contributed by atoms with van der Waals surface area (Å²) in [6, 6.07) is 34.1. The highest BCUT2D eigenvalue weighted by molar-refractivity contribution is 6.36. The summed E-state index contributed by atoms with van der Waals surface area (Å²) >= 11 is 0. The minimum atomic E-state index is -0.375. The van der Waals surface area contributed by atoms with Gasteiger partial charge in [-0.05, 0) is 81.3 Å². The molecule has 2 aliphatic carbocycles. The summed E-state index contributed by atoms with van der Waals surface area (Å²) in [5.41, 5.74) is 14.5. The predicted molar refractivity (Wildman–Crippen MR) is 156 cm³/mol. The Labute approximate surface area is 222 Å². The highest BCUT2D eigenvalue weighted by Crippen LogP contribution is 2.51. The molecule has 37 heavy (non-hydrogen) atoms. The quantitative estimate of drug-likeness (QED) is 0.243. The molecule has 0 aromatic heterocycles. The van der Waals surface area contributed by atoms with Gasteiger partial charge in [0.15, 0.2) is 0 Å². The maximum Gasteiger partial charge on any atom is 0.0434 e. The fourth-order valence-electron chi connectivity index (χ4n) is 7.02. The average Bonchev–Trinajstić information content (AvgIpc) is 3.44.